The van der Waals surface area contributed by atoms with Crippen LogP contribution < -0.4 is 25.4 Å². The summed E-state index contributed by atoms with van der Waals surface area (Å²) in [6.45, 7) is 1.99. The smallest absolute Gasteiger partial charge is 0.416 e. The summed E-state index contributed by atoms with van der Waals surface area (Å²) in [5.74, 6) is 1.97. The zero-order valence-electron chi connectivity index (χ0n) is 42.4. The number of alkyl halides is 6. The van der Waals surface area contributed by atoms with Gasteiger partial charge in [-0.15, -0.1) is 0 Å². The minimum Gasteiger partial charge on any atom is -0.497 e. The fourth-order valence-corrected chi connectivity index (χ4v) is 13.1. The first-order valence-corrected chi connectivity index (χ1v) is 26.5. The number of carbonyl (C=O) groups excluding carboxylic acids is 3. The summed E-state index contributed by atoms with van der Waals surface area (Å²) in [6, 6.07) is 51.8. The van der Waals surface area contributed by atoms with Crippen molar-refractivity contribution in [3.63, 3.8) is 0 Å². The number of carbonyl (C=O) groups is 3. The third-order valence-corrected chi connectivity index (χ3v) is 17.0. The number of halogens is 6. The Hall–Kier alpha value is -7.63. The summed E-state index contributed by atoms with van der Waals surface area (Å²) in [6.07, 6.45) is -6.22. The van der Waals surface area contributed by atoms with Crippen molar-refractivity contribution in [2.75, 3.05) is 27.4 Å². The average Bonchev–Trinajstić information content (AvgIpc) is 3.45. The van der Waals surface area contributed by atoms with Crippen molar-refractivity contribution in [2.24, 2.45) is 0 Å². The van der Waals surface area contributed by atoms with Crippen molar-refractivity contribution < 1.29 is 59.7 Å². The number of esters is 2. The van der Waals surface area contributed by atoms with Crippen LogP contribution in [0.4, 0.5) is 26.3 Å². The second-order valence-electron chi connectivity index (χ2n) is 17.8. The third kappa shape index (κ3) is 13.4. The van der Waals surface area contributed by atoms with Crippen LogP contribution in [-0.2, 0) is 49.1 Å². The first-order valence-electron chi connectivity index (χ1n) is 24.7. The van der Waals surface area contributed by atoms with E-state index < -0.39 is 36.3 Å². The molecule has 1 unspecified atom stereocenters. The molecule has 0 aliphatic heterocycles. The number of Topliss-reactive ketones (excluding diaryl/α,β-unsaturated/α-hetero) is 1. The van der Waals surface area contributed by atoms with Crippen molar-refractivity contribution in [1.29, 1.82) is 0 Å². The van der Waals surface area contributed by atoms with E-state index in [-0.39, 0.29) is 30.7 Å². The Labute approximate surface area is 439 Å². The molecule has 2 aliphatic rings. The van der Waals surface area contributed by atoms with Crippen LogP contribution in [0.25, 0.3) is 5.57 Å². The molecule has 1 atom stereocenters. The molecule has 0 radical (unpaired) electrons. The number of fused-ring (bicyclic) bond motifs is 2. The zero-order valence-corrected chi connectivity index (χ0v) is 43.3. The summed E-state index contributed by atoms with van der Waals surface area (Å²) in [7, 11) is 3.10. The largest absolute Gasteiger partial charge is 0.497 e. The maximum absolute atomic E-state index is 12.9. The monoisotopic (exact) mass is 1060 g/mol. The number of hydrogen-bond acceptors (Lipinski definition) is 7. The first kappa shape index (κ1) is 56.1. The Morgan fingerprint density at radius 3 is 1.53 bits per heavy atom. The van der Waals surface area contributed by atoms with Crippen LogP contribution in [0.3, 0.4) is 0 Å². The van der Waals surface area contributed by atoms with E-state index in [4.69, 9.17) is 18.9 Å². The molecule has 2 aliphatic carbocycles. The highest BCUT2D eigenvalue weighted by atomic mass is 31.2. The lowest BCUT2D eigenvalue weighted by Crippen LogP contribution is -2.29. The summed E-state index contributed by atoms with van der Waals surface area (Å²) in [4.78, 5) is 37.0. The summed E-state index contributed by atoms with van der Waals surface area (Å²) >= 11 is 0. The molecular weight excluding hydrogens is 1000 g/mol. The maximum atomic E-state index is 12.9. The standard InChI is InChI=1S/C22H21F3O3.C22H21O2P.C18H15F3O2/c1-3-28-20(26)12-16-5-4-14-8-11-18(27-2)13-19(14)21(16)15-6-9-17(10-7-15)22(23,24)25;1-2-24-22(23)18-25(19-12-6-3-7-13-19,20-14-8-4-9-15-20)21-16-10-5-11-17-21;1-23-14-8-4-11-5-9-16(22)17(15(11)10-14)12-2-6-13(7-3-12)18(19,20)21/h6-11,13H,3-5,12H2,1-2H3;3-18H,2H2,1H3;2-4,6-8,10,17H,5,9H2,1H3. The Morgan fingerprint density at radius 2 is 1.04 bits per heavy atom. The minimum atomic E-state index is -4.39. The van der Waals surface area contributed by atoms with Crippen LogP contribution in [0.1, 0.15) is 83.5 Å². The molecular formula is C62H57F6O7P. The van der Waals surface area contributed by atoms with E-state index in [1.54, 1.807) is 33.0 Å². The van der Waals surface area contributed by atoms with Crippen molar-refractivity contribution in [2.45, 2.75) is 64.2 Å². The number of methoxy groups -OCH3 is 2. The molecule has 76 heavy (non-hydrogen) atoms. The molecule has 7 nitrogen and oxygen atoms in total. The van der Waals surface area contributed by atoms with Crippen molar-refractivity contribution in [3.8, 4) is 11.5 Å². The molecule has 7 aromatic carbocycles. The number of hydrogen-bond donors (Lipinski definition) is 0. The highest BCUT2D eigenvalue weighted by Gasteiger charge is 2.34. The van der Waals surface area contributed by atoms with Gasteiger partial charge < -0.3 is 18.9 Å². The van der Waals surface area contributed by atoms with Crippen LogP contribution in [0.5, 0.6) is 11.5 Å². The highest BCUT2D eigenvalue weighted by molar-refractivity contribution is 7.95. The van der Waals surface area contributed by atoms with Crippen molar-refractivity contribution >= 4 is 51.9 Å². The molecule has 394 valence electrons. The van der Waals surface area contributed by atoms with Gasteiger partial charge in [0.05, 0.1) is 50.9 Å². The second kappa shape index (κ2) is 25.3. The van der Waals surface area contributed by atoms with Gasteiger partial charge in [-0.1, -0.05) is 133 Å². The van der Waals surface area contributed by atoms with Gasteiger partial charge >= 0.3 is 24.3 Å². The lowest BCUT2D eigenvalue weighted by atomic mass is 9.78. The maximum Gasteiger partial charge on any atom is 0.416 e. The van der Waals surface area contributed by atoms with Crippen LogP contribution in [-0.4, -0.2) is 51.0 Å². The van der Waals surface area contributed by atoms with Crippen molar-refractivity contribution in [1.82, 2.24) is 0 Å². The van der Waals surface area contributed by atoms with E-state index in [1.165, 1.54) is 24.3 Å². The Kier molecular flexibility index (Phi) is 18.7. The predicted molar refractivity (Wildman–Crippen MR) is 287 cm³/mol. The predicted octanol–water partition coefficient (Wildman–Crippen LogP) is 13.1. The lowest BCUT2D eigenvalue weighted by Gasteiger charge is -2.28. The molecule has 7 aromatic rings. The second-order valence-corrected chi connectivity index (χ2v) is 21.0. The van der Waals surface area contributed by atoms with Crippen LogP contribution in [0.2, 0.25) is 0 Å². The number of ether oxygens (including phenoxy) is 4. The quantitative estimate of drug-likeness (QED) is 0.0684. The minimum absolute atomic E-state index is 0.0190. The van der Waals surface area contributed by atoms with E-state index in [9.17, 15) is 40.7 Å². The van der Waals surface area contributed by atoms with Gasteiger partial charge in [-0.3, -0.25) is 9.59 Å². The molecule has 0 aromatic heterocycles. The van der Waals surface area contributed by atoms with Gasteiger partial charge in [0, 0.05) is 12.2 Å². The van der Waals surface area contributed by atoms with Gasteiger partial charge in [0.15, 0.2) is 0 Å². The van der Waals surface area contributed by atoms with Gasteiger partial charge in [-0.05, 0) is 143 Å². The normalized spacial score (nSPS) is 14.1. The molecule has 0 heterocycles. The van der Waals surface area contributed by atoms with E-state index in [1.807, 2.05) is 91.9 Å². The Balaban J connectivity index is 0.000000167. The van der Waals surface area contributed by atoms with Crippen LogP contribution in [0.15, 0.2) is 181 Å². The molecule has 0 bridgehead atoms. The van der Waals surface area contributed by atoms with E-state index in [2.05, 4.69) is 36.4 Å². The Bertz CT molecular complexity index is 3090. The molecule has 0 N–H and O–H groups in total. The van der Waals surface area contributed by atoms with Crippen LogP contribution >= 0.6 is 6.89 Å². The zero-order chi connectivity index (χ0) is 54.5. The molecule has 0 saturated heterocycles. The summed E-state index contributed by atoms with van der Waals surface area (Å²) < 4.78 is 97.8. The fourth-order valence-electron chi connectivity index (χ4n) is 9.48. The van der Waals surface area contributed by atoms with Gasteiger partial charge in [-0.2, -0.15) is 26.3 Å². The third-order valence-electron chi connectivity index (χ3n) is 13.1. The van der Waals surface area contributed by atoms with E-state index >= 15 is 0 Å². The highest BCUT2D eigenvalue weighted by Crippen LogP contribution is 2.44. The first-order chi connectivity index (χ1) is 36.5. The van der Waals surface area contributed by atoms with Crippen molar-refractivity contribution in [3.05, 3.63) is 226 Å². The number of benzene rings is 7. The summed E-state index contributed by atoms with van der Waals surface area (Å²) in [5.41, 5.74) is 5.25. The number of rotatable bonds is 12. The van der Waals surface area contributed by atoms with Gasteiger partial charge in [0.25, 0.3) is 0 Å². The number of ketones is 1. The van der Waals surface area contributed by atoms with Gasteiger partial charge in [0.1, 0.15) is 17.3 Å². The molecule has 0 spiro atoms. The molecule has 0 saturated carbocycles. The van der Waals surface area contributed by atoms with E-state index in [0.717, 1.165) is 80.0 Å². The molecule has 14 heteroatoms. The van der Waals surface area contributed by atoms with Gasteiger partial charge in [0.2, 0.25) is 0 Å². The molecule has 0 fully saturated rings. The molecule has 0 amide bonds. The fraction of sp³-hybridized carbons (Fsp3) is 0.226. The lowest BCUT2D eigenvalue weighted by molar-refractivity contribution is -0.142. The molecule has 9 rings (SSSR count). The SMILES string of the molecule is CCOC(=O)C=P(c1ccccc1)(c1ccccc1)c1ccccc1.CCOC(=O)CC1=C(c2ccc(C(F)(F)F)cc2)c2cc(OC)ccc2CC1.COc1ccc2c(c1)C(c1ccc(C(F)(F)F)cc1)C(=O)CC2. The van der Waals surface area contributed by atoms with E-state index in [0.29, 0.717) is 48.5 Å². The van der Waals surface area contributed by atoms with Crippen LogP contribution in [0, 0.1) is 0 Å². The van der Waals surface area contributed by atoms with Gasteiger partial charge in [-0.25, -0.2) is 4.79 Å². The number of aryl methyl sites for hydroxylation is 2. The average molecular weight is 1060 g/mol. The summed E-state index contributed by atoms with van der Waals surface area (Å²) in [5, 5.41) is 3.42. The topological polar surface area (TPSA) is 88.1 Å². The Morgan fingerprint density at radius 1 is 0.566 bits per heavy atom.